The minimum absolute atomic E-state index is 0.0148. The molecule has 0 fully saturated rings. The Bertz CT molecular complexity index is 3650. The number of furan rings is 4. The van der Waals surface area contributed by atoms with Crippen molar-refractivity contribution in [2.24, 2.45) is 42.3 Å². The van der Waals surface area contributed by atoms with E-state index in [9.17, 15) is 36.6 Å². The second kappa shape index (κ2) is 45.7. The van der Waals surface area contributed by atoms with Crippen molar-refractivity contribution in [2.45, 2.75) is 275 Å². The van der Waals surface area contributed by atoms with Gasteiger partial charge in [-0.25, -0.2) is 17.3 Å². The number of nitrogens with one attached hydrogen (secondary N) is 2. The van der Waals surface area contributed by atoms with Crippen LogP contribution < -0.4 is 47.4 Å². The Morgan fingerprint density at radius 3 is 1.14 bits per heavy atom. The molecule has 0 unspecified atom stereocenters. The Kier molecular flexibility index (Phi) is 44.4. The van der Waals surface area contributed by atoms with Crippen molar-refractivity contribution in [3.05, 3.63) is 147 Å². The Morgan fingerprint density at radius 2 is 0.893 bits per heavy atom. The van der Waals surface area contributed by atoms with Crippen LogP contribution in [-0.4, -0.2) is 73.0 Å². The SMILES string of the molecule is CC(C)(C)C=N[S@](=O)C(C)(C)C.CC(C)(C)C=O.CC(C)(C)[S@](N)=O.CCOc1c(C)c(=O)c1=O.Cc1ccc([C@H](N)C(C)(C)C)o1.Cc1ccc([C@H](N[S@](=O)C(C)(C)C)C(C)(C)C)o1.Cc1ccc([C@H](Nc2c(C)c(=O)c2=O)C(C)(C)C)o1.Cc1ccco1.[3H]I(OCC)(OCC)(OCC)OCC. The number of aldehydes is 1. The molecule has 0 aliphatic carbocycles. The first-order valence-electron chi connectivity index (χ1n) is 35.0. The second-order valence-electron chi connectivity index (χ2n) is 32.2. The zero-order chi connectivity index (χ0) is 82.4. The molecule has 0 saturated heterocycles. The van der Waals surface area contributed by atoms with E-state index in [1.807, 2.05) is 180 Å². The molecule has 6 N–H and O–H groups in total. The normalized spacial score (nSPS) is 14.5. The number of ether oxygens (including phenoxy) is 1. The fourth-order valence-electron chi connectivity index (χ4n) is 7.00. The van der Waals surface area contributed by atoms with Gasteiger partial charge in [0.1, 0.15) is 57.6 Å². The van der Waals surface area contributed by atoms with Crippen LogP contribution >= 0.6 is 19.9 Å². The molecule has 4 aromatic heterocycles. The van der Waals surface area contributed by atoms with Crippen molar-refractivity contribution in [3.63, 3.8) is 0 Å². The van der Waals surface area contributed by atoms with Crippen molar-refractivity contribution in [1.82, 2.24) is 4.72 Å². The number of hydrogen-bond donors (Lipinski definition) is 4. The molecule has 26 heteroatoms. The summed E-state index contributed by atoms with van der Waals surface area (Å²) in [4.78, 5) is 53.9. The standard InChI is InChI=1S/C15H19NO3.C14H25NO2S.C10H17NO.C9H19NOS.C8H21IO4.C7H8O3.C5H6O.C5H10O.C4H11NOS/c1-8-6-7-10(19-8)14(15(3,4)5)16-11-9(2)12(17)13(11)18;1-10-8-9-11(17-10)12(13(2,3)4)15-18(16)14(5,6)7;1-7-5-6-8(12-7)9(11)10(2,3)4;1-8(2,3)7-10-12(11)9(4,5)6;1-5-10-9(11-6-2,12-7-3)13-8-4;1-3-10-7-4(2)5(8)6(7)9;1-5-3-2-4-6-5;1-5(2,3)4-6;1-4(2,3)7(5)6/h6-7,14,16H,1-5H3;8-9,12,15H,1-7H3;5-6,9H,11H2,1-4H3;7H,1-6H3;9H,5-8H2,1-4H3;3H2,1-2H3;2-4H,1H3;4H,1-3H3;5H2,1-3H3/t14-;12-,18+;9-;12-;;;;;7-/m0001....1/s1/i;;;;9T;;;;. The maximum atomic E-state index is 12.3. The molecule has 0 spiro atoms. The zero-order valence-corrected chi connectivity index (χ0v) is 73.9. The van der Waals surface area contributed by atoms with E-state index in [-0.39, 0.29) is 65.2 Å². The molecule has 6 rings (SSSR count). The van der Waals surface area contributed by atoms with Gasteiger partial charge in [-0.2, -0.15) is 4.40 Å². The number of rotatable bonds is 18. The minimum atomic E-state index is -4.67. The quantitative estimate of drug-likeness (QED) is 0.0269. The van der Waals surface area contributed by atoms with Crippen LogP contribution in [0.5, 0.6) is 5.75 Å². The number of carbonyl (C=O) groups is 1. The fraction of sp³-hybridized carbons (Fsp3) is 0.662. The molecular formula is C77H136IN5O17S3. The average Bonchev–Trinajstić information content (AvgIpc) is 0.795. The Labute approximate surface area is 632 Å². The van der Waals surface area contributed by atoms with Gasteiger partial charge in [-0.1, -0.05) is 104 Å². The number of aryl methyl sites for hydroxylation is 4. The topological polar surface area (TPSA) is 324 Å². The first kappa shape index (κ1) is 100. The van der Waals surface area contributed by atoms with Gasteiger partial charge in [0.2, 0.25) is 16.3 Å². The van der Waals surface area contributed by atoms with E-state index in [0.717, 1.165) is 46.6 Å². The van der Waals surface area contributed by atoms with Gasteiger partial charge in [-0.15, -0.1) is 0 Å². The van der Waals surface area contributed by atoms with Crippen molar-refractivity contribution in [1.29, 1.82) is 0.594 Å². The van der Waals surface area contributed by atoms with Gasteiger partial charge in [-0.3, -0.25) is 24.3 Å². The molecule has 0 aliphatic rings. The molecule has 596 valence electrons. The Balaban J connectivity index is -0.00000113. The summed E-state index contributed by atoms with van der Waals surface area (Å²) in [6.45, 7) is 69.5. The van der Waals surface area contributed by atoms with Crippen LogP contribution in [0.25, 0.3) is 0 Å². The molecule has 0 radical (unpaired) electrons. The summed E-state index contributed by atoms with van der Waals surface area (Å²) < 4.78 is 96.4. The second-order valence-corrected chi connectivity index (χ2v) is 42.6. The molecule has 0 bridgehead atoms. The molecule has 22 nitrogen and oxygen atoms in total. The summed E-state index contributed by atoms with van der Waals surface area (Å²) in [5.41, 5.74) is 5.36. The zero-order valence-electron chi connectivity index (χ0n) is 70.3. The van der Waals surface area contributed by atoms with E-state index in [0.29, 0.717) is 49.8 Å². The Morgan fingerprint density at radius 1 is 0.515 bits per heavy atom. The predicted molar refractivity (Wildman–Crippen MR) is 438 cm³/mol. The third-order valence-electron chi connectivity index (χ3n) is 13.1. The number of nitrogens with two attached hydrogens (primary N) is 2. The van der Waals surface area contributed by atoms with Gasteiger partial charge < -0.3 is 38.3 Å². The summed E-state index contributed by atoms with van der Waals surface area (Å²) in [5, 5.41) is 8.21. The molecule has 0 aliphatic heterocycles. The van der Waals surface area contributed by atoms with E-state index in [2.05, 4.69) is 76.8 Å². The van der Waals surface area contributed by atoms with Gasteiger partial charge in [0.15, 0.2) is 5.75 Å². The van der Waals surface area contributed by atoms with E-state index < -0.39 is 74.6 Å². The van der Waals surface area contributed by atoms with E-state index >= 15 is 0 Å². The van der Waals surface area contributed by atoms with Crippen LogP contribution in [-0.2, 0) is 50.0 Å². The van der Waals surface area contributed by atoms with Gasteiger partial charge in [0.25, 0.3) is 5.43 Å². The number of hydrogen-bond acceptors (Lipinski definition) is 19. The summed E-state index contributed by atoms with van der Waals surface area (Å²) >= 11 is -4.67. The molecule has 6 atom stereocenters. The average molecular weight is 1630 g/mol. The Hall–Kier alpha value is -4.88. The summed E-state index contributed by atoms with van der Waals surface area (Å²) in [6, 6.07) is 15.1. The number of carbonyl (C=O) groups excluding carboxylic acids is 1. The van der Waals surface area contributed by atoms with Gasteiger partial charge >= 0.3 is 86.9 Å². The van der Waals surface area contributed by atoms with Crippen molar-refractivity contribution in [2.75, 3.05) is 38.4 Å². The maximum absolute atomic E-state index is 12.3. The van der Waals surface area contributed by atoms with Crippen LogP contribution in [0.1, 0.15) is 270 Å². The van der Waals surface area contributed by atoms with Crippen molar-refractivity contribution in [3.8, 4) is 5.75 Å². The van der Waals surface area contributed by atoms with Crippen LogP contribution in [0.15, 0.2) is 96.0 Å². The molecule has 4 heterocycles. The molecular weight excluding hydrogens is 1490 g/mol. The van der Waals surface area contributed by atoms with E-state index in [1.54, 1.807) is 60.9 Å². The third-order valence-corrected chi connectivity index (χ3v) is 22.7. The fourth-order valence-corrected chi connectivity index (χ4v) is 12.9. The van der Waals surface area contributed by atoms with Crippen molar-refractivity contribution < 1.29 is 52.1 Å². The van der Waals surface area contributed by atoms with Crippen LogP contribution in [0.3, 0.4) is 0 Å². The third kappa shape index (κ3) is 41.7. The molecule has 103 heavy (non-hydrogen) atoms. The first-order chi connectivity index (χ1) is 46.9. The molecule has 0 amide bonds. The molecule has 2 aromatic carbocycles. The summed E-state index contributed by atoms with van der Waals surface area (Å²) in [5.74, 6) is 6.33. The first-order valence-corrected chi connectivity index (χ1v) is 41.7. The molecule has 0 saturated carbocycles. The van der Waals surface area contributed by atoms with Crippen LogP contribution in [0.2, 0.25) is 0 Å². The summed E-state index contributed by atoms with van der Waals surface area (Å²) in [6.07, 6.45) is 4.36. The van der Waals surface area contributed by atoms with Gasteiger partial charge in [-0.05, 0) is 181 Å². The van der Waals surface area contributed by atoms with Crippen LogP contribution in [0.4, 0.5) is 5.69 Å². The summed E-state index contributed by atoms with van der Waals surface area (Å²) in [7, 11) is -3.41. The van der Waals surface area contributed by atoms with Gasteiger partial charge in [0, 0.05) is 22.8 Å². The number of nitrogens with zero attached hydrogens (tertiary/aromatic N) is 1. The van der Waals surface area contributed by atoms with Crippen molar-refractivity contribution >= 4 is 71.0 Å². The molecule has 6 aromatic rings. The monoisotopic (exact) mass is 1630 g/mol. The van der Waals surface area contributed by atoms with E-state index in [4.69, 9.17) is 46.1 Å². The van der Waals surface area contributed by atoms with Gasteiger partial charge in [0.05, 0.1) is 72.9 Å². The van der Waals surface area contributed by atoms with E-state index in [1.165, 1.54) is 0 Å². The number of halogens is 1. The predicted octanol–water partition coefficient (Wildman–Crippen LogP) is 17.4. The van der Waals surface area contributed by atoms with Crippen LogP contribution in [0, 0.1) is 68.6 Å². The number of anilines is 1.